The normalized spacial score (nSPS) is 15.8. The van der Waals surface area contributed by atoms with Crippen molar-refractivity contribution >= 4 is 28.4 Å². The second-order valence-corrected chi connectivity index (χ2v) is 9.79. The number of nitrogens with one attached hydrogen (secondary N) is 1. The van der Waals surface area contributed by atoms with E-state index in [-0.39, 0.29) is 23.4 Å². The summed E-state index contributed by atoms with van der Waals surface area (Å²) in [5.41, 5.74) is 2.64. The fourth-order valence-electron chi connectivity index (χ4n) is 4.30. The first-order chi connectivity index (χ1) is 16.8. The number of hydrogen-bond donors (Lipinski definition) is 1. The van der Waals surface area contributed by atoms with E-state index in [0.717, 1.165) is 0 Å². The quantitative estimate of drug-likeness (QED) is 0.616. The lowest BCUT2D eigenvalue weighted by Crippen LogP contribution is -2.42. The van der Waals surface area contributed by atoms with Gasteiger partial charge in [0.15, 0.2) is 17.3 Å². The van der Waals surface area contributed by atoms with E-state index in [2.05, 4.69) is 31.1 Å². The van der Waals surface area contributed by atoms with Crippen molar-refractivity contribution in [2.45, 2.75) is 32.7 Å². The van der Waals surface area contributed by atoms with Crippen LogP contribution in [0.2, 0.25) is 0 Å². The number of benzene rings is 2. The van der Waals surface area contributed by atoms with Gasteiger partial charge in [-0.1, -0.05) is 32.9 Å². The molecular weight excluding hydrogens is 448 g/mol. The van der Waals surface area contributed by atoms with Crippen molar-refractivity contribution in [1.82, 2.24) is 9.55 Å². The van der Waals surface area contributed by atoms with E-state index < -0.39 is 0 Å². The van der Waals surface area contributed by atoms with Gasteiger partial charge in [0.05, 0.1) is 24.2 Å². The minimum absolute atomic E-state index is 0.0205. The Balaban J connectivity index is 1.50. The van der Waals surface area contributed by atoms with Crippen LogP contribution in [0.15, 0.2) is 41.2 Å². The van der Waals surface area contributed by atoms with Crippen LogP contribution >= 0.6 is 0 Å². The number of amides is 1. The van der Waals surface area contributed by atoms with Gasteiger partial charge in [-0.15, -0.1) is 0 Å². The molecule has 0 unspecified atom stereocenters. The van der Waals surface area contributed by atoms with Crippen LogP contribution in [-0.4, -0.2) is 55.0 Å². The van der Waals surface area contributed by atoms with Crippen LogP contribution in [0.4, 0.5) is 11.5 Å². The highest BCUT2D eigenvalue weighted by Gasteiger charge is 2.23. The van der Waals surface area contributed by atoms with E-state index in [0.29, 0.717) is 73.6 Å². The third kappa shape index (κ3) is 4.81. The lowest BCUT2D eigenvalue weighted by Gasteiger charge is -2.28. The monoisotopic (exact) mass is 478 g/mol. The van der Waals surface area contributed by atoms with Crippen LogP contribution < -0.4 is 25.2 Å². The third-order valence-corrected chi connectivity index (χ3v) is 6.24. The molecule has 1 aromatic heterocycles. The van der Waals surface area contributed by atoms with Gasteiger partial charge < -0.3 is 24.4 Å². The van der Waals surface area contributed by atoms with Gasteiger partial charge >= 0.3 is 0 Å². The first-order valence-corrected chi connectivity index (χ1v) is 11.9. The zero-order valence-corrected chi connectivity index (χ0v) is 20.3. The first kappa shape index (κ1) is 23.2. The van der Waals surface area contributed by atoms with E-state index >= 15 is 0 Å². The van der Waals surface area contributed by atoms with E-state index in [9.17, 15) is 9.59 Å². The molecule has 2 aliphatic rings. The molecule has 0 radical (unpaired) electrons. The summed E-state index contributed by atoms with van der Waals surface area (Å²) in [4.78, 5) is 33.2. The van der Waals surface area contributed by atoms with E-state index in [1.54, 1.807) is 12.1 Å². The highest BCUT2D eigenvalue weighted by atomic mass is 16.6. The Labute approximate surface area is 203 Å². The maximum Gasteiger partial charge on any atom is 0.294 e. The van der Waals surface area contributed by atoms with Gasteiger partial charge in [-0.05, 0) is 23.1 Å². The highest BCUT2D eigenvalue weighted by Crippen LogP contribution is 2.34. The third-order valence-electron chi connectivity index (χ3n) is 6.24. The zero-order valence-electron chi connectivity index (χ0n) is 20.3. The lowest BCUT2D eigenvalue weighted by molar-refractivity contribution is -0.116. The molecule has 1 amide bonds. The van der Waals surface area contributed by atoms with Gasteiger partial charge in [-0.25, -0.2) is 4.98 Å². The van der Waals surface area contributed by atoms with Crippen LogP contribution in [0, 0.1) is 0 Å². The Morgan fingerprint density at radius 1 is 1.00 bits per heavy atom. The summed E-state index contributed by atoms with van der Waals surface area (Å²) in [6.07, 6.45) is 0. The van der Waals surface area contributed by atoms with Crippen molar-refractivity contribution in [2.24, 2.45) is 0 Å². The molecule has 35 heavy (non-hydrogen) atoms. The topological polar surface area (TPSA) is 94.9 Å². The largest absolute Gasteiger partial charge is 0.486 e. The fraction of sp³-hybridized carbons (Fsp3) is 0.423. The summed E-state index contributed by atoms with van der Waals surface area (Å²) in [5.74, 6) is 1.12. The smallest absolute Gasteiger partial charge is 0.294 e. The van der Waals surface area contributed by atoms with Crippen molar-refractivity contribution in [2.75, 3.05) is 49.7 Å². The average molecular weight is 479 g/mol. The number of aromatic nitrogens is 2. The minimum Gasteiger partial charge on any atom is -0.486 e. The molecule has 5 rings (SSSR count). The standard InChI is InChI=1S/C26H30N4O5/c1-26(2,3)17-4-6-18(7-5-17)27-23(31)16-30-20-15-22-21(34-12-13-35-22)14-19(20)28-24(25(30)32)29-8-10-33-11-9-29/h4-7,14-15H,8-13,16H2,1-3H3,(H,27,31). The van der Waals surface area contributed by atoms with Crippen molar-refractivity contribution in [3.63, 3.8) is 0 Å². The number of carbonyl (C=O) groups excluding carboxylic acids is 1. The molecule has 0 saturated carbocycles. The summed E-state index contributed by atoms with van der Waals surface area (Å²) in [5, 5.41) is 2.91. The predicted octanol–water partition coefficient (Wildman–Crippen LogP) is 2.94. The fourth-order valence-corrected chi connectivity index (χ4v) is 4.30. The molecule has 0 atom stereocenters. The van der Waals surface area contributed by atoms with Gasteiger partial charge in [0.1, 0.15) is 19.8 Å². The van der Waals surface area contributed by atoms with E-state index in [1.165, 1.54) is 10.1 Å². The first-order valence-electron chi connectivity index (χ1n) is 11.9. The highest BCUT2D eigenvalue weighted by molar-refractivity contribution is 5.92. The number of nitrogens with zero attached hydrogens (tertiary/aromatic N) is 3. The van der Waals surface area contributed by atoms with E-state index in [4.69, 9.17) is 14.2 Å². The molecule has 0 bridgehead atoms. The molecule has 2 aromatic carbocycles. The molecule has 9 nitrogen and oxygen atoms in total. The van der Waals surface area contributed by atoms with Crippen LogP contribution in [0.25, 0.3) is 11.0 Å². The molecule has 1 fully saturated rings. The number of rotatable bonds is 4. The summed E-state index contributed by atoms with van der Waals surface area (Å²) >= 11 is 0. The molecule has 3 heterocycles. The number of morpholine rings is 1. The van der Waals surface area contributed by atoms with Gasteiger partial charge in [0.25, 0.3) is 5.56 Å². The van der Waals surface area contributed by atoms with Crippen molar-refractivity contribution in [1.29, 1.82) is 0 Å². The molecule has 3 aromatic rings. The molecule has 1 N–H and O–H groups in total. The molecule has 184 valence electrons. The molecule has 2 aliphatic heterocycles. The molecular formula is C26H30N4O5. The second-order valence-electron chi connectivity index (χ2n) is 9.79. The van der Waals surface area contributed by atoms with Crippen molar-refractivity contribution < 1.29 is 19.0 Å². The van der Waals surface area contributed by atoms with Crippen LogP contribution in [-0.2, 0) is 21.5 Å². The number of carbonyl (C=O) groups is 1. The minimum atomic E-state index is -0.325. The predicted molar refractivity (Wildman–Crippen MR) is 134 cm³/mol. The number of hydrogen-bond acceptors (Lipinski definition) is 7. The summed E-state index contributed by atoms with van der Waals surface area (Å²) in [7, 11) is 0. The van der Waals surface area contributed by atoms with Crippen LogP contribution in [0.3, 0.4) is 0 Å². The second kappa shape index (κ2) is 9.22. The zero-order chi connectivity index (χ0) is 24.6. The molecule has 9 heteroatoms. The van der Waals surface area contributed by atoms with Gasteiger partial charge in [0, 0.05) is 30.9 Å². The summed E-state index contributed by atoms with van der Waals surface area (Å²) in [6, 6.07) is 11.3. The average Bonchev–Trinajstić information content (AvgIpc) is 2.85. The lowest BCUT2D eigenvalue weighted by atomic mass is 9.87. The Bertz CT molecular complexity index is 1300. The molecule has 0 spiro atoms. The van der Waals surface area contributed by atoms with Gasteiger partial charge in [-0.3, -0.25) is 14.2 Å². The van der Waals surface area contributed by atoms with E-state index in [1.807, 2.05) is 29.2 Å². The van der Waals surface area contributed by atoms with Gasteiger partial charge in [-0.2, -0.15) is 0 Å². The Hall–Kier alpha value is -3.59. The number of anilines is 2. The number of fused-ring (bicyclic) bond motifs is 2. The number of ether oxygens (including phenoxy) is 3. The Morgan fingerprint density at radius 3 is 2.31 bits per heavy atom. The summed E-state index contributed by atoms with van der Waals surface area (Å²) in [6.45, 7) is 9.29. The Morgan fingerprint density at radius 2 is 1.66 bits per heavy atom. The maximum absolute atomic E-state index is 13.6. The van der Waals surface area contributed by atoms with Crippen molar-refractivity contribution in [3.05, 3.63) is 52.3 Å². The maximum atomic E-state index is 13.6. The van der Waals surface area contributed by atoms with Crippen molar-refractivity contribution in [3.8, 4) is 11.5 Å². The Kier molecular flexibility index (Phi) is 6.10. The van der Waals surface area contributed by atoms with Crippen LogP contribution in [0.5, 0.6) is 11.5 Å². The van der Waals surface area contributed by atoms with Gasteiger partial charge in [0.2, 0.25) is 5.91 Å². The molecule has 0 aliphatic carbocycles. The SMILES string of the molecule is CC(C)(C)c1ccc(NC(=O)Cn2c(=O)c(N3CCOCC3)nc3cc4c(cc32)OCCO4)cc1. The summed E-state index contributed by atoms with van der Waals surface area (Å²) < 4.78 is 18.3. The molecule has 1 saturated heterocycles. The van der Waals surface area contributed by atoms with Crippen LogP contribution in [0.1, 0.15) is 26.3 Å².